The summed E-state index contributed by atoms with van der Waals surface area (Å²) in [6.45, 7) is 9.45. The second-order valence-corrected chi connectivity index (χ2v) is 10.7. The molecule has 3 heterocycles. The van der Waals surface area contributed by atoms with Crippen molar-refractivity contribution in [3.05, 3.63) is 57.7 Å². The van der Waals surface area contributed by atoms with Crippen molar-refractivity contribution >= 4 is 32.8 Å². The van der Waals surface area contributed by atoms with Gasteiger partial charge in [0.25, 0.3) is 0 Å². The molecule has 0 atom stereocenters. The van der Waals surface area contributed by atoms with E-state index in [9.17, 15) is 9.90 Å². The minimum Gasteiger partial charge on any atom is -0.506 e. The predicted molar refractivity (Wildman–Crippen MR) is 152 cm³/mol. The number of piperazine rings is 1. The van der Waals surface area contributed by atoms with E-state index < -0.39 is 0 Å². The maximum absolute atomic E-state index is 13.7. The Kier molecular flexibility index (Phi) is 8.85. The smallest absolute Gasteiger partial charge is 0.340 e. The first-order valence-corrected chi connectivity index (χ1v) is 14.2. The molecule has 9 nitrogen and oxygen atoms in total. The van der Waals surface area contributed by atoms with E-state index in [1.807, 2.05) is 43.3 Å². The van der Waals surface area contributed by atoms with Crippen molar-refractivity contribution in [2.45, 2.75) is 20.0 Å². The van der Waals surface area contributed by atoms with Crippen LogP contribution in [0.2, 0.25) is 0 Å². The van der Waals surface area contributed by atoms with Gasteiger partial charge in [-0.1, -0.05) is 18.2 Å². The Labute approximate surface area is 237 Å². The molecule has 0 aliphatic carbocycles. The first kappa shape index (κ1) is 27.6. The van der Waals surface area contributed by atoms with Crippen molar-refractivity contribution in [1.82, 2.24) is 19.3 Å². The molecule has 0 bridgehead atoms. The molecule has 10 heteroatoms. The van der Waals surface area contributed by atoms with Crippen LogP contribution < -0.4 is 0 Å². The molecule has 0 spiro atoms. The number of benzene rings is 2. The lowest BCUT2D eigenvalue weighted by Gasteiger charge is -2.33. The average Bonchev–Trinajstić information content (AvgIpc) is 3.26. The Hall–Kier alpha value is -2.94. The molecule has 0 radical (unpaired) electrons. The second kappa shape index (κ2) is 12.5. The largest absolute Gasteiger partial charge is 0.506 e. The number of phenolic OH excluding ortho intramolecular Hbond substituents is 1. The minimum absolute atomic E-state index is 0.140. The molecule has 2 saturated heterocycles. The number of aromatic hydroxyl groups is 1. The summed E-state index contributed by atoms with van der Waals surface area (Å²) in [5, 5.41) is 21.2. The number of phenols is 1. The van der Waals surface area contributed by atoms with Crippen LogP contribution in [-0.4, -0.2) is 96.0 Å². The SMILES string of the molecule is CCOC(=O)c1c(CN2CCN(CC#N)CC2)n(-c2ccccc2)c2cc(Br)c(O)c(CN3CCOCC3)c12. The van der Waals surface area contributed by atoms with E-state index in [4.69, 9.17) is 14.7 Å². The normalized spacial score (nSPS) is 17.4. The summed E-state index contributed by atoms with van der Waals surface area (Å²) in [7, 11) is 0. The number of fused-ring (bicyclic) bond motifs is 1. The van der Waals surface area contributed by atoms with E-state index in [0.717, 1.165) is 61.6 Å². The highest BCUT2D eigenvalue weighted by Gasteiger charge is 2.31. The number of para-hydroxylation sites is 1. The standard InChI is InChI=1S/C29H34BrN5O4/c1-2-39-29(37)27-25(20-33-12-10-32(9-8-31)11-13-33)35(21-6-4-3-5-7-21)24-18-23(30)28(36)22(26(24)27)19-34-14-16-38-17-15-34/h3-7,18,36H,2,9-17,19-20H2,1H3. The van der Waals surface area contributed by atoms with Gasteiger partial charge in [-0.05, 0) is 41.1 Å². The number of nitrogens with zero attached hydrogens (tertiary/aromatic N) is 5. The quantitative estimate of drug-likeness (QED) is 0.311. The lowest BCUT2D eigenvalue weighted by molar-refractivity contribution is 0.0340. The third-order valence-electron chi connectivity index (χ3n) is 7.49. The third kappa shape index (κ3) is 5.83. The van der Waals surface area contributed by atoms with Crippen LogP contribution in [0, 0.1) is 11.3 Å². The fraction of sp³-hybridized carbons (Fsp3) is 0.448. The molecule has 1 N–H and O–H groups in total. The molecule has 2 aromatic carbocycles. The Morgan fingerprint density at radius 3 is 2.38 bits per heavy atom. The highest BCUT2D eigenvalue weighted by Crippen LogP contribution is 2.42. The lowest BCUT2D eigenvalue weighted by Crippen LogP contribution is -2.46. The fourth-order valence-corrected chi connectivity index (χ4v) is 5.99. The van der Waals surface area contributed by atoms with Gasteiger partial charge in [0.05, 0.1) is 53.7 Å². The van der Waals surface area contributed by atoms with Gasteiger partial charge in [0.1, 0.15) is 5.75 Å². The van der Waals surface area contributed by atoms with Crippen LogP contribution >= 0.6 is 15.9 Å². The molecular formula is C29H34BrN5O4. The molecule has 3 aromatic rings. The van der Waals surface area contributed by atoms with Crippen LogP contribution in [0.15, 0.2) is 40.9 Å². The number of carbonyl (C=O) groups excluding carboxylic acids is 1. The van der Waals surface area contributed by atoms with E-state index >= 15 is 0 Å². The first-order chi connectivity index (χ1) is 19.0. The summed E-state index contributed by atoms with van der Waals surface area (Å²) in [6.07, 6.45) is 0. The average molecular weight is 597 g/mol. The summed E-state index contributed by atoms with van der Waals surface area (Å²) in [6, 6.07) is 14.2. The third-order valence-corrected chi connectivity index (χ3v) is 8.10. The van der Waals surface area contributed by atoms with Gasteiger partial charge in [0.15, 0.2) is 0 Å². The van der Waals surface area contributed by atoms with Gasteiger partial charge in [-0.25, -0.2) is 4.79 Å². The molecule has 5 rings (SSSR count). The summed E-state index contributed by atoms with van der Waals surface area (Å²) >= 11 is 3.60. The van der Waals surface area contributed by atoms with Crippen LogP contribution in [0.4, 0.5) is 0 Å². The van der Waals surface area contributed by atoms with Gasteiger partial charge in [-0.2, -0.15) is 5.26 Å². The molecule has 2 aliphatic rings. The van der Waals surface area contributed by atoms with Crippen molar-refractivity contribution in [2.24, 2.45) is 0 Å². The topological polar surface area (TPSA) is 94.2 Å². The monoisotopic (exact) mass is 595 g/mol. The van der Waals surface area contributed by atoms with Crippen molar-refractivity contribution in [3.63, 3.8) is 0 Å². The Morgan fingerprint density at radius 2 is 1.72 bits per heavy atom. The van der Waals surface area contributed by atoms with E-state index in [1.54, 1.807) is 0 Å². The molecule has 0 unspecified atom stereocenters. The predicted octanol–water partition coefficient (Wildman–Crippen LogP) is 3.75. The summed E-state index contributed by atoms with van der Waals surface area (Å²) in [4.78, 5) is 20.4. The van der Waals surface area contributed by atoms with Gasteiger partial charge in [0.2, 0.25) is 0 Å². The fourth-order valence-electron chi connectivity index (χ4n) is 5.53. The highest BCUT2D eigenvalue weighted by molar-refractivity contribution is 9.10. The van der Waals surface area contributed by atoms with E-state index in [1.165, 1.54) is 0 Å². The van der Waals surface area contributed by atoms with Crippen LogP contribution in [0.1, 0.15) is 28.5 Å². The number of halogens is 1. The summed E-state index contributed by atoms with van der Waals surface area (Å²) < 4.78 is 13.9. The van der Waals surface area contributed by atoms with Crippen molar-refractivity contribution < 1.29 is 19.4 Å². The van der Waals surface area contributed by atoms with E-state index in [-0.39, 0.29) is 18.3 Å². The number of carbonyl (C=O) groups is 1. The van der Waals surface area contributed by atoms with Gasteiger partial charge >= 0.3 is 5.97 Å². The van der Waals surface area contributed by atoms with Crippen LogP contribution in [0.25, 0.3) is 16.6 Å². The number of nitriles is 1. The minimum atomic E-state index is -0.389. The zero-order valence-electron chi connectivity index (χ0n) is 22.2. The van der Waals surface area contributed by atoms with Crippen molar-refractivity contribution in [1.29, 1.82) is 5.26 Å². The lowest BCUT2D eigenvalue weighted by atomic mass is 10.0. The number of hydrogen-bond acceptors (Lipinski definition) is 8. The Bertz CT molecular complexity index is 1360. The summed E-state index contributed by atoms with van der Waals surface area (Å²) in [5.74, 6) is -0.248. The molecule has 2 aliphatic heterocycles. The maximum atomic E-state index is 13.7. The number of aromatic nitrogens is 1. The van der Waals surface area contributed by atoms with Gasteiger partial charge < -0.3 is 19.1 Å². The van der Waals surface area contributed by atoms with Gasteiger partial charge in [0, 0.05) is 69.0 Å². The van der Waals surface area contributed by atoms with Crippen molar-refractivity contribution in [2.75, 3.05) is 65.6 Å². The van der Waals surface area contributed by atoms with E-state index in [2.05, 4.69) is 41.3 Å². The Morgan fingerprint density at radius 1 is 1.05 bits per heavy atom. The summed E-state index contributed by atoms with van der Waals surface area (Å²) in [5.41, 5.74) is 3.82. The number of ether oxygens (including phenoxy) is 2. The van der Waals surface area contributed by atoms with Crippen LogP contribution in [-0.2, 0) is 22.6 Å². The molecule has 206 valence electrons. The zero-order valence-corrected chi connectivity index (χ0v) is 23.8. The first-order valence-electron chi connectivity index (χ1n) is 13.4. The van der Waals surface area contributed by atoms with Crippen LogP contribution in [0.5, 0.6) is 5.75 Å². The number of hydrogen-bond donors (Lipinski definition) is 1. The van der Waals surface area contributed by atoms with Crippen molar-refractivity contribution in [3.8, 4) is 17.5 Å². The number of esters is 1. The molecule has 0 amide bonds. The number of morpholine rings is 1. The number of rotatable bonds is 8. The molecular weight excluding hydrogens is 562 g/mol. The molecule has 39 heavy (non-hydrogen) atoms. The zero-order chi connectivity index (χ0) is 27.4. The molecule has 2 fully saturated rings. The maximum Gasteiger partial charge on any atom is 0.340 e. The van der Waals surface area contributed by atoms with Gasteiger partial charge in [-0.3, -0.25) is 14.7 Å². The second-order valence-electron chi connectivity index (χ2n) is 9.89. The molecule has 0 saturated carbocycles. The Balaban J connectivity index is 1.70. The molecule has 1 aromatic heterocycles. The van der Waals surface area contributed by atoms with Gasteiger partial charge in [-0.15, -0.1) is 0 Å². The highest BCUT2D eigenvalue weighted by atomic mass is 79.9. The van der Waals surface area contributed by atoms with Crippen LogP contribution in [0.3, 0.4) is 0 Å². The van der Waals surface area contributed by atoms with E-state index in [0.29, 0.717) is 48.4 Å².